The summed E-state index contributed by atoms with van der Waals surface area (Å²) in [7, 11) is 1.40. The van der Waals surface area contributed by atoms with E-state index in [4.69, 9.17) is 27.2 Å². The molecule has 1 amide bonds. The molecule has 2 aromatic heterocycles. The van der Waals surface area contributed by atoms with Gasteiger partial charge < -0.3 is 15.6 Å². The fourth-order valence-electron chi connectivity index (χ4n) is 2.68. The molecule has 2 rings (SSSR count). The monoisotopic (exact) mass is 393 g/mol. The van der Waals surface area contributed by atoms with Gasteiger partial charge in [0.15, 0.2) is 0 Å². The number of hydrogen-bond acceptors (Lipinski definition) is 6. The second-order valence-corrected chi connectivity index (χ2v) is 7.56. The molecule has 27 heavy (non-hydrogen) atoms. The summed E-state index contributed by atoms with van der Waals surface area (Å²) in [5, 5.41) is 9.38. The van der Waals surface area contributed by atoms with Gasteiger partial charge in [-0.05, 0) is 25.3 Å². The number of amides is 1. The molecule has 0 aliphatic carbocycles. The minimum atomic E-state index is -1.12. The Kier molecular flexibility index (Phi) is 6.56. The Morgan fingerprint density at radius 1 is 1.37 bits per heavy atom. The maximum atomic E-state index is 11.1. The van der Waals surface area contributed by atoms with E-state index in [1.165, 1.54) is 13.4 Å². The zero-order valence-corrected chi connectivity index (χ0v) is 16.6. The molecule has 0 radical (unpaired) electrons. The van der Waals surface area contributed by atoms with E-state index in [1.54, 1.807) is 18.3 Å². The summed E-state index contributed by atoms with van der Waals surface area (Å²) in [5.74, 6) is 0.986. The lowest BCUT2D eigenvalue weighted by molar-refractivity contribution is 0.201. The lowest BCUT2D eigenvalue weighted by Crippen LogP contribution is -2.43. The Labute approximate surface area is 163 Å². The zero-order valence-electron chi connectivity index (χ0n) is 15.8. The van der Waals surface area contributed by atoms with Gasteiger partial charge in [0.05, 0.1) is 5.69 Å². The molecule has 0 bridgehead atoms. The van der Waals surface area contributed by atoms with Gasteiger partial charge in [-0.1, -0.05) is 25.4 Å². The van der Waals surface area contributed by atoms with Crippen molar-refractivity contribution >= 4 is 23.5 Å². The maximum Gasteiger partial charge on any atom is 0.412 e. The molecule has 0 saturated carbocycles. The van der Waals surface area contributed by atoms with Crippen molar-refractivity contribution in [1.82, 2.24) is 15.0 Å². The maximum absolute atomic E-state index is 11.1. The quantitative estimate of drug-likeness (QED) is 0.740. The number of nitrogens with two attached hydrogens (primary N) is 1. The average molecular weight is 394 g/mol. The minimum Gasteiger partial charge on any atom is -0.475 e. The number of rotatable bonds is 7. The molecular weight excluding hydrogens is 370 g/mol. The standard InChI is InChI=1S/C18H24ClN5O3/c1-11(2)7-18(3,20)9-27-16-13(19)5-12(8-21-16)14-6-15(23-10-22-14)24(4)17(25)26/h5-6,8,10-11H,7,9,20H2,1-4H3,(H,25,26). The van der Waals surface area contributed by atoms with Crippen molar-refractivity contribution in [3.05, 3.63) is 29.7 Å². The third kappa shape index (κ3) is 5.77. The van der Waals surface area contributed by atoms with E-state index in [1.807, 2.05) is 6.92 Å². The number of carbonyl (C=O) groups is 1. The Balaban J connectivity index is 2.17. The number of nitrogens with zero attached hydrogens (tertiary/aromatic N) is 4. The van der Waals surface area contributed by atoms with Gasteiger partial charge in [-0.2, -0.15) is 0 Å². The number of hydrogen-bond donors (Lipinski definition) is 2. The normalized spacial score (nSPS) is 13.3. The van der Waals surface area contributed by atoms with Crippen LogP contribution in [0.1, 0.15) is 27.2 Å². The van der Waals surface area contributed by atoms with Crippen LogP contribution in [-0.2, 0) is 0 Å². The van der Waals surface area contributed by atoms with Crippen molar-refractivity contribution in [3.63, 3.8) is 0 Å². The van der Waals surface area contributed by atoms with E-state index in [9.17, 15) is 4.79 Å². The molecule has 0 aliphatic heterocycles. The Morgan fingerprint density at radius 3 is 2.67 bits per heavy atom. The highest BCUT2D eigenvalue weighted by molar-refractivity contribution is 6.32. The van der Waals surface area contributed by atoms with Crippen LogP contribution < -0.4 is 15.4 Å². The van der Waals surface area contributed by atoms with E-state index in [0.29, 0.717) is 22.2 Å². The van der Waals surface area contributed by atoms with Crippen LogP contribution in [0.2, 0.25) is 5.02 Å². The summed E-state index contributed by atoms with van der Waals surface area (Å²) in [4.78, 5) is 24.4. The van der Waals surface area contributed by atoms with Crippen molar-refractivity contribution in [1.29, 1.82) is 0 Å². The lowest BCUT2D eigenvalue weighted by atomic mass is 9.93. The van der Waals surface area contributed by atoms with Gasteiger partial charge in [-0.15, -0.1) is 0 Å². The molecule has 2 heterocycles. The van der Waals surface area contributed by atoms with Crippen LogP contribution in [0.5, 0.6) is 5.88 Å². The summed E-state index contributed by atoms with van der Waals surface area (Å²) in [6, 6.07) is 3.20. The summed E-state index contributed by atoms with van der Waals surface area (Å²) >= 11 is 6.29. The molecule has 3 N–H and O–H groups in total. The first-order valence-corrected chi connectivity index (χ1v) is 8.83. The summed E-state index contributed by atoms with van der Waals surface area (Å²) < 4.78 is 5.70. The molecule has 146 valence electrons. The fourth-order valence-corrected chi connectivity index (χ4v) is 2.90. The van der Waals surface area contributed by atoms with Crippen LogP contribution in [0.15, 0.2) is 24.7 Å². The molecule has 0 aromatic carbocycles. The number of carboxylic acid groups (broad SMARTS) is 1. The smallest absolute Gasteiger partial charge is 0.412 e. The number of pyridine rings is 1. The first-order chi connectivity index (χ1) is 12.6. The van der Waals surface area contributed by atoms with Crippen molar-refractivity contribution < 1.29 is 14.6 Å². The van der Waals surface area contributed by atoms with Gasteiger partial charge in [0, 0.05) is 30.4 Å². The van der Waals surface area contributed by atoms with Gasteiger partial charge in [0.25, 0.3) is 0 Å². The molecular formula is C18H24ClN5O3. The topological polar surface area (TPSA) is 114 Å². The molecule has 0 aliphatic rings. The molecule has 8 nitrogen and oxygen atoms in total. The number of halogens is 1. The summed E-state index contributed by atoms with van der Waals surface area (Å²) in [6.45, 7) is 6.42. The van der Waals surface area contributed by atoms with Gasteiger partial charge >= 0.3 is 6.09 Å². The largest absolute Gasteiger partial charge is 0.475 e. The van der Waals surface area contributed by atoms with Gasteiger partial charge in [-0.25, -0.2) is 19.7 Å². The summed E-state index contributed by atoms with van der Waals surface area (Å²) in [6.07, 6.45) is 2.54. The fraction of sp³-hybridized carbons (Fsp3) is 0.444. The predicted molar refractivity (Wildman–Crippen MR) is 104 cm³/mol. The van der Waals surface area contributed by atoms with Crippen LogP contribution in [0.4, 0.5) is 10.6 Å². The van der Waals surface area contributed by atoms with Crippen LogP contribution in [0, 0.1) is 5.92 Å². The number of ether oxygens (including phenoxy) is 1. The predicted octanol–water partition coefficient (Wildman–Crippen LogP) is 3.45. The molecule has 1 unspecified atom stereocenters. The average Bonchev–Trinajstić information content (AvgIpc) is 2.59. The van der Waals surface area contributed by atoms with Crippen molar-refractivity contribution in [2.24, 2.45) is 11.7 Å². The summed E-state index contributed by atoms with van der Waals surface area (Å²) in [5.41, 5.74) is 6.87. The van der Waals surface area contributed by atoms with Gasteiger partial charge in [0.2, 0.25) is 5.88 Å². The third-order valence-electron chi connectivity index (χ3n) is 3.80. The van der Waals surface area contributed by atoms with Crippen LogP contribution in [0.3, 0.4) is 0 Å². The SMILES string of the molecule is CC(C)CC(C)(N)COc1ncc(-c2cc(N(C)C(=O)O)ncn2)cc1Cl. The van der Waals surface area contributed by atoms with Crippen molar-refractivity contribution in [3.8, 4) is 17.1 Å². The molecule has 0 spiro atoms. The molecule has 2 aromatic rings. The number of aromatic nitrogens is 3. The minimum absolute atomic E-state index is 0.247. The highest BCUT2D eigenvalue weighted by Gasteiger charge is 2.22. The van der Waals surface area contributed by atoms with Gasteiger partial charge in [-0.3, -0.25) is 4.90 Å². The van der Waals surface area contributed by atoms with E-state index < -0.39 is 11.6 Å². The van der Waals surface area contributed by atoms with Gasteiger partial charge in [0.1, 0.15) is 23.8 Å². The molecule has 0 fully saturated rings. The Morgan fingerprint density at radius 2 is 2.07 bits per heavy atom. The van der Waals surface area contributed by atoms with Crippen LogP contribution >= 0.6 is 11.6 Å². The number of anilines is 1. The second-order valence-electron chi connectivity index (χ2n) is 7.15. The third-order valence-corrected chi connectivity index (χ3v) is 4.07. The lowest BCUT2D eigenvalue weighted by Gasteiger charge is -2.26. The Hall–Kier alpha value is -2.45. The molecule has 0 saturated heterocycles. The van der Waals surface area contributed by atoms with E-state index in [-0.39, 0.29) is 18.3 Å². The van der Waals surface area contributed by atoms with Crippen molar-refractivity contribution in [2.75, 3.05) is 18.6 Å². The second kappa shape index (κ2) is 8.49. The zero-order chi connectivity index (χ0) is 20.2. The molecule has 1 atom stereocenters. The highest BCUT2D eigenvalue weighted by atomic mass is 35.5. The molecule has 9 heteroatoms. The van der Waals surface area contributed by atoms with Crippen LogP contribution in [-0.4, -0.2) is 45.3 Å². The van der Waals surface area contributed by atoms with E-state index in [2.05, 4.69) is 28.8 Å². The van der Waals surface area contributed by atoms with Crippen LogP contribution in [0.25, 0.3) is 11.3 Å². The highest BCUT2D eigenvalue weighted by Crippen LogP contribution is 2.29. The Bertz CT molecular complexity index is 813. The van der Waals surface area contributed by atoms with Crippen molar-refractivity contribution in [2.45, 2.75) is 32.7 Å². The first kappa shape index (κ1) is 20.9. The van der Waals surface area contributed by atoms with E-state index >= 15 is 0 Å². The first-order valence-electron chi connectivity index (χ1n) is 8.45. The van der Waals surface area contributed by atoms with E-state index in [0.717, 1.165) is 11.3 Å².